The van der Waals surface area contributed by atoms with E-state index in [1.54, 1.807) is 24.4 Å². The molecule has 0 fully saturated rings. The van der Waals surface area contributed by atoms with Gasteiger partial charge in [-0.2, -0.15) is 0 Å². The van der Waals surface area contributed by atoms with Gasteiger partial charge in [0.2, 0.25) is 0 Å². The van der Waals surface area contributed by atoms with Gasteiger partial charge in [-0.25, -0.2) is 4.79 Å². The van der Waals surface area contributed by atoms with E-state index in [1.807, 2.05) is 37.3 Å². The number of nitrogens with zero attached hydrogens (tertiary/aromatic N) is 1. The molecule has 0 unspecified atom stereocenters. The number of amides is 1. The van der Waals surface area contributed by atoms with Gasteiger partial charge < -0.3 is 4.74 Å². The van der Waals surface area contributed by atoms with Gasteiger partial charge in [0.05, 0.1) is 0 Å². The molecule has 1 heterocycles. The highest BCUT2D eigenvalue weighted by Crippen LogP contribution is 2.24. The average Bonchev–Trinajstić information content (AvgIpc) is 2.51. The van der Waals surface area contributed by atoms with Crippen molar-refractivity contribution in [1.82, 2.24) is 4.98 Å². The molecule has 0 spiro atoms. The van der Waals surface area contributed by atoms with E-state index in [0.717, 1.165) is 10.9 Å². The molecule has 2 aromatic carbocycles. The summed E-state index contributed by atoms with van der Waals surface area (Å²) in [4.78, 5) is 16.3. The number of ether oxygens (including phenoxy) is 1. The van der Waals surface area contributed by atoms with E-state index < -0.39 is 6.09 Å². The van der Waals surface area contributed by atoms with Crippen LogP contribution in [0.25, 0.3) is 10.9 Å². The van der Waals surface area contributed by atoms with Crippen LogP contribution in [0.2, 0.25) is 5.02 Å². The van der Waals surface area contributed by atoms with Gasteiger partial charge in [0.15, 0.2) is 5.75 Å². The standard InChI is InChI=1S/C17H13ClN2O2/c1-11-7-8-13(18)10-14(11)20-17(21)22-15-6-2-4-12-5-3-9-19-16(12)15/h2-10H,1H3,(H,20,21). The Morgan fingerprint density at radius 1 is 1.18 bits per heavy atom. The van der Waals surface area contributed by atoms with Gasteiger partial charge in [-0.05, 0) is 36.8 Å². The Balaban J connectivity index is 1.83. The van der Waals surface area contributed by atoms with Gasteiger partial charge in [-0.3, -0.25) is 10.3 Å². The van der Waals surface area contributed by atoms with Crippen LogP contribution in [0.1, 0.15) is 5.56 Å². The molecule has 0 bridgehead atoms. The minimum atomic E-state index is -0.580. The Bertz CT molecular complexity index is 844. The SMILES string of the molecule is Cc1ccc(Cl)cc1NC(=O)Oc1cccc2cccnc12. The second-order valence-electron chi connectivity index (χ2n) is 4.81. The maximum Gasteiger partial charge on any atom is 0.417 e. The molecule has 5 heteroatoms. The molecule has 0 aliphatic rings. The summed E-state index contributed by atoms with van der Waals surface area (Å²) in [5, 5.41) is 4.15. The number of pyridine rings is 1. The second kappa shape index (κ2) is 6.03. The number of hydrogen-bond acceptors (Lipinski definition) is 3. The fourth-order valence-electron chi connectivity index (χ4n) is 2.12. The first-order chi connectivity index (χ1) is 10.6. The lowest BCUT2D eigenvalue weighted by Gasteiger charge is -2.10. The van der Waals surface area contributed by atoms with Crippen LogP contribution < -0.4 is 10.1 Å². The molecule has 1 aromatic heterocycles. The fraction of sp³-hybridized carbons (Fsp3) is 0.0588. The van der Waals surface area contributed by atoms with E-state index in [4.69, 9.17) is 16.3 Å². The van der Waals surface area contributed by atoms with Crippen molar-refractivity contribution in [2.45, 2.75) is 6.92 Å². The lowest BCUT2D eigenvalue weighted by Crippen LogP contribution is -2.17. The Hall–Kier alpha value is -2.59. The third-order valence-electron chi connectivity index (χ3n) is 3.23. The minimum Gasteiger partial charge on any atom is -0.408 e. The van der Waals surface area contributed by atoms with Crippen LogP contribution in [0.15, 0.2) is 54.7 Å². The maximum atomic E-state index is 12.1. The highest BCUT2D eigenvalue weighted by Gasteiger charge is 2.10. The smallest absolute Gasteiger partial charge is 0.408 e. The van der Waals surface area contributed by atoms with E-state index in [0.29, 0.717) is 22.0 Å². The molecule has 0 atom stereocenters. The number of nitrogens with one attached hydrogen (secondary N) is 1. The molecule has 1 N–H and O–H groups in total. The first-order valence-corrected chi connectivity index (χ1v) is 7.10. The van der Waals surface area contributed by atoms with Gasteiger partial charge in [-0.1, -0.05) is 35.9 Å². The summed E-state index contributed by atoms with van der Waals surface area (Å²) in [6.07, 6.45) is 1.08. The number of aromatic nitrogens is 1. The van der Waals surface area contributed by atoms with E-state index >= 15 is 0 Å². The largest absolute Gasteiger partial charge is 0.417 e. The van der Waals surface area contributed by atoms with Crippen LogP contribution in [0.5, 0.6) is 5.75 Å². The van der Waals surface area contributed by atoms with E-state index in [1.165, 1.54) is 0 Å². The Kier molecular flexibility index (Phi) is 3.94. The molecular weight excluding hydrogens is 300 g/mol. The lowest BCUT2D eigenvalue weighted by atomic mass is 10.2. The zero-order valence-electron chi connectivity index (χ0n) is 11.8. The number of halogens is 1. The number of anilines is 1. The molecule has 0 saturated carbocycles. The predicted octanol–water partition coefficient (Wildman–Crippen LogP) is 4.81. The number of benzene rings is 2. The quantitative estimate of drug-likeness (QED) is 0.739. The zero-order valence-corrected chi connectivity index (χ0v) is 12.6. The van der Waals surface area contributed by atoms with Gasteiger partial charge in [0.1, 0.15) is 5.52 Å². The molecule has 110 valence electrons. The number of fused-ring (bicyclic) bond motifs is 1. The molecule has 0 radical (unpaired) electrons. The summed E-state index contributed by atoms with van der Waals surface area (Å²) in [6.45, 7) is 1.88. The predicted molar refractivity (Wildman–Crippen MR) is 87.6 cm³/mol. The van der Waals surface area contributed by atoms with Crippen LogP contribution in [0, 0.1) is 6.92 Å². The number of hydrogen-bond donors (Lipinski definition) is 1. The third kappa shape index (κ3) is 3.02. The summed E-state index contributed by atoms with van der Waals surface area (Å²) in [6, 6.07) is 14.5. The number of carbonyl (C=O) groups is 1. The molecule has 0 saturated heterocycles. The Morgan fingerprint density at radius 3 is 2.86 bits per heavy atom. The van der Waals surface area contributed by atoms with Crippen molar-refractivity contribution in [3.8, 4) is 5.75 Å². The second-order valence-corrected chi connectivity index (χ2v) is 5.24. The van der Waals surface area contributed by atoms with Crippen molar-refractivity contribution < 1.29 is 9.53 Å². The van der Waals surface area contributed by atoms with Crippen molar-refractivity contribution in [3.63, 3.8) is 0 Å². The van der Waals surface area contributed by atoms with Crippen LogP contribution in [-0.2, 0) is 0 Å². The van der Waals surface area contributed by atoms with Gasteiger partial charge in [-0.15, -0.1) is 0 Å². The van der Waals surface area contributed by atoms with Crippen molar-refractivity contribution >= 4 is 34.3 Å². The number of rotatable bonds is 2. The first-order valence-electron chi connectivity index (χ1n) is 6.72. The van der Waals surface area contributed by atoms with Gasteiger partial charge in [0, 0.05) is 22.3 Å². The Labute approximate surface area is 132 Å². The van der Waals surface area contributed by atoms with Crippen molar-refractivity contribution in [2.24, 2.45) is 0 Å². The fourth-order valence-corrected chi connectivity index (χ4v) is 2.29. The van der Waals surface area contributed by atoms with Crippen molar-refractivity contribution in [2.75, 3.05) is 5.32 Å². The molecule has 0 aliphatic heterocycles. The van der Waals surface area contributed by atoms with Gasteiger partial charge >= 0.3 is 6.09 Å². The molecule has 22 heavy (non-hydrogen) atoms. The number of aryl methyl sites for hydroxylation is 1. The topological polar surface area (TPSA) is 51.2 Å². The summed E-state index contributed by atoms with van der Waals surface area (Å²) in [7, 11) is 0. The van der Waals surface area contributed by atoms with Crippen LogP contribution in [0.3, 0.4) is 0 Å². The average molecular weight is 313 g/mol. The lowest BCUT2D eigenvalue weighted by molar-refractivity contribution is 0.215. The summed E-state index contributed by atoms with van der Waals surface area (Å²) < 4.78 is 5.37. The first kappa shape index (κ1) is 14.4. The monoisotopic (exact) mass is 312 g/mol. The summed E-state index contributed by atoms with van der Waals surface area (Å²) >= 11 is 5.94. The van der Waals surface area contributed by atoms with E-state index in [9.17, 15) is 4.79 Å². The molecule has 1 amide bonds. The van der Waals surface area contributed by atoms with Crippen molar-refractivity contribution in [1.29, 1.82) is 0 Å². The normalized spacial score (nSPS) is 10.5. The molecular formula is C17H13ClN2O2. The van der Waals surface area contributed by atoms with Crippen molar-refractivity contribution in [3.05, 3.63) is 65.3 Å². The van der Waals surface area contributed by atoms with E-state index in [2.05, 4.69) is 10.3 Å². The highest BCUT2D eigenvalue weighted by molar-refractivity contribution is 6.31. The minimum absolute atomic E-state index is 0.412. The molecule has 3 rings (SSSR count). The number of para-hydroxylation sites is 1. The highest BCUT2D eigenvalue weighted by atomic mass is 35.5. The molecule has 0 aliphatic carbocycles. The van der Waals surface area contributed by atoms with Crippen LogP contribution >= 0.6 is 11.6 Å². The summed E-state index contributed by atoms with van der Waals surface area (Å²) in [5.74, 6) is 0.412. The van der Waals surface area contributed by atoms with Gasteiger partial charge in [0.25, 0.3) is 0 Å². The molecule has 4 nitrogen and oxygen atoms in total. The van der Waals surface area contributed by atoms with E-state index in [-0.39, 0.29) is 0 Å². The number of carbonyl (C=O) groups excluding carboxylic acids is 1. The summed E-state index contributed by atoms with van der Waals surface area (Å²) in [5.41, 5.74) is 2.16. The van der Waals surface area contributed by atoms with Crippen LogP contribution in [0.4, 0.5) is 10.5 Å². The zero-order chi connectivity index (χ0) is 15.5. The van der Waals surface area contributed by atoms with Crippen LogP contribution in [-0.4, -0.2) is 11.1 Å². The Morgan fingerprint density at radius 2 is 2.00 bits per heavy atom. The molecule has 3 aromatic rings. The maximum absolute atomic E-state index is 12.1. The third-order valence-corrected chi connectivity index (χ3v) is 3.47.